The molecule has 0 saturated heterocycles. The third kappa shape index (κ3) is 3.07. The maximum absolute atomic E-state index is 11.9. The van der Waals surface area contributed by atoms with Crippen molar-refractivity contribution in [1.82, 2.24) is 4.98 Å². The second-order valence-electron chi connectivity index (χ2n) is 5.43. The van der Waals surface area contributed by atoms with Crippen molar-refractivity contribution in [3.63, 3.8) is 0 Å². The average molecular weight is 365 g/mol. The average Bonchev–Trinajstić information content (AvgIpc) is 2.46. The molecule has 1 aromatic heterocycles. The van der Waals surface area contributed by atoms with Crippen molar-refractivity contribution in [3.05, 3.63) is 63.1 Å². The van der Waals surface area contributed by atoms with E-state index in [9.17, 15) is 4.79 Å². The van der Waals surface area contributed by atoms with Crippen LogP contribution in [-0.2, 0) is 0 Å². The summed E-state index contributed by atoms with van der Waals surface area (Å²) in [6.45, 7) is 3.93. The number of aryl methyl sites for hydroxylation is 2. The highest BCUT2D eigenvalue weighted by molar-refractivity contribution is 6.68. The molecule has 0 spiro atoms. The molecular formula is C18H12Cl3NO. The van der Waals surface area contributed by atoms with Gasteiger partial charge in [0.1, 0.15) is 0 Å². The lowest BCUT2D eigenvalue weighted by molar-refractivity contribution is 0.108. The van der Waals surface area contributed by atoms with E-state index < -0.39 is 5.24 Å². The summed E-state index contributed by atoms with van der Waals surface area (Å²) in [6.07, 6.45) is 0. The van der Waals surface area contributed by atoms with E-state index in [-0.39, 0.29) is 0 Å². The van der Waals surface area contributed by atoms with Crippen molar-refractivity contribution in [1.29, 1.82) is 0 Å². The van der Waals surface area contributed by atoms with Crippen molar-refractivity contribution in [2.45, 2.75) is 13.8 Å². The lowest BCUT2D eigenvalue weighted by Crippen LogP contribution is -1.98. The van der Waals surface area contributed by atoms with E-state index in [0.29, 0.717) is 26.9 Å². The molecule has 0 atom stereocenters. The fourth-order valence-electron chi connectivity index (χ4n) is 2.68. The van der Waals surface area contributed by atoms with Gasteiger partial charge < -0.3 is 0 Å². The predicted octanol–water partition coefficient (Wildman–Crippen LogP) is 6.20. The molecule has 2 aromatic carbocycles. The van der Waals surface area contributed by atoms with Gasteiger partial charge in [-0.1, -0.05) is 34.8 Å². The Bertz CT molecular complexity index is 951. The van der Waals surface area contributed by atoms with Gasteiger partial charge in [-0.3, -0.25) is 4.79 Å². The Kier molecular flexibility index (Phi) is 4.33. The van der Waals surface area contributed by atoms with E-state index in [2.05, 4.69) is 4.98 Å². The number of pyridine rings is 1. The maximum Gasteiger partial charge on any atom is 0.253 e. The number of fused-ring (bicyclic) bond motifs is 1. The molecular weight excluding hydrogens is 353 g/mol. The van der Waals surface area contributed by atoms with Crippen LogP contribution < -0.4 is 0 Å². The Morgan fingerprint density at radius 2 is 1.78 bits per heavy atom. The molecule has 0 bridgehead atoms. The van der Waals surface area contributed by atoms with Crippen LogP contribution in [-0.4, -0.2) is 10.2 Å². The van der Waals surface area contributed by atoms with Gasteiger partial charge in [0, 0.05) is 21.5 Å². The number of hydrogen-bond donors (Lipinski definition) is 0. The normalized spacial score (nSPS) is 11.0. The lowest BCUT2D eigenvalue weighted by Gasteiger charge is -2.11. The van der Waals surface area contributed by atoms with Crippen molar-refractivity contribution in [3.8, 4) is 11.3 Å². The Morgan fingerprint density at radius 1 is 1.04 bits per heavy atom. The SMILES string of the molecule is Cc1cc(C)c2nc(-c3ccc(Cl)cc3Cl)cc(C(=O)Cl)c2c1. The van der Waals surface area contributed by atoms with Gasteiger partial charge in [-0.25, -0.2) is 4.98 Å². The predicted molar refractivity (Wildman–Crippen MR) is 96.9 cm³/mol. The molecule has 3 aromatic rings. The van der Waals surface area contributed by atoms with Crippen molar-refractivity contribution >= 4 is 50.9 Å². The monoisotopic (exact) mass is 363 g/mol. The summed E-state index contributed by atoms with van der Waals surface area (Å²) < 4.78 is 0. The lowest BCUT2D eigenvalue weighted by atomic mass is 10.0. The zero-order valence-corrected chi connectivity index (χ0v) is 14.7. The van der Waals surface area contributed by atoms with Gasteiger partial charge in [0.25, 0.3) is 5.24 Å². The van der Waals surface area contributed by atoms with E-state index in [1.165, 1.54) is 0 Å². The number of aromatic nitrogens is 1. The second-order valence-corrected chi connectivity index (χ2v) is 6.62. The van der Waals surface area contributed by atoms with E-state index in [1.54, 1.807) is 24.3 Å². The van der Waals surface area contributed by atoms with Crippen LogP contribution in [0.25, 0.3) is 22.2 Å². The van der Waals surface area contributed by atoms with Gasteiger partial charge in [-0.15, -0.1) is 0 Å². The van der Waals surface area contributed by atoms with Crippen LogP contribution in [0.5, 0.6) is 0 Å². The molecule has 0 radical (unpaired) electrons. The zero-order chi connectivity index (χ0) is 16.7. The van der Waals surface area contributed by atoms with Gasteiger partial charge in [-0.2, -0.15) is 0 Å². The topological polar surface area (TPSA) is 30.0 Å². The van der Waals surface area contributed by atoms with E-state index in [1.807, 2.05) is 26.0 Å². The van der Waals surface area contributed by atoms with Crippen LogP contribution in [0.1, 0.15) is 21.5 Å². The van der Waals surface area contributed by atoms with Gasteiger partial charge in [0.15, 0.2) is 0 Å². The summed E-state index contributed by atoms with van der Waals surface area (Å²) in [7, 11) is 0. The number of nitrogens with zero attached hydrogens (tertiary/aromatic N) is 1. The highest BCUT2D eigenvalue weighted by Crippen LogP contribution is 2.33. The molecule has 1 heterocycles. The second kappa shape index (κ2) is 6.12. The van der Waals surface area contributed by atoms with Crippen molar-refractivity contribution < 1.29 is 4.79 Å². The van der Waals surface area contributed by atoms with Gasteiger partial charge in [0.2, 0.25) is 0 Å². The molecule has 0 aliphatic heterocycles. The fraction of sp³-hybridized carbons (Fsp3) is 0.111. The van der Waals surface area contributed by atoms with E-state index >= 15 is 0 Å². The molecule has 0 aliphatic rings. The highest BCUT2D eigenvalue weighted by Gasteiger charge is 2.15. The first-order valence-electron chi connectivity index (χ1n) is 6.94. The largest absolute Gasteiger partial charge is 0.276 e. The minimum absolute atomic E-state index is 0.421. The molecule has 0 fully saturated rings. The maximum atomic E-state index is 11.9. The van der Waals surface area contributed by atoms with Crippen LogP contribution in [0.3, 0.4) is 0 Å². The molecule has 0 saturated carbocycles. The number of hydrogen-bond acceptors (Lipinski definition) is 2. The molecule has 5 heteroatoms. The minimum atomic E-state index is -0.520. The van der Waals surface area contributed by atoms with Crippen LogP contribution in [0.4, 0.5) is 0 Å². The standard InChI is InChI=1S/C18H12Cl3NO/c1-9-5-10(2)17-13(6-9)14(18(21)23)8-16(22-17)12-4-3-11(19)7-15(12)20/h3-8H,1-2H3. The quantitative estimate of drug-likeness (QED) is 0.506. The Morgan fingerprint density at radius 3 is 2.43 bits per heavy atom. The third-order valence-corrected chi connectivity index (χ3v) is 4.42. The van der Waals surface area contributed by atoms with E-state index in [0.717, 1.165) is 22.0 Å². The first-order chi connectivity index (χ1) is 10.9. The highest BCUT2D eigenvalue weighted by atomic mass is 35.5. The molecule has 0 amide bonds. The number of carbonyl (C=O) groups excluding carboxylic acids is 1. The molecule has 0 aliphatic carbocycles. The molecule has 0 unspecified atom stereocenters. The smallest absolute Gasteiger partial charge is 0.253 e. The fourth-order valence-corrected chi connectivity index (χ4v) is 3.34. The third-order valence-electron chi connectivity index (χ3n) is 3.67. The summed E-state index contributed by atoms with van der Waals surface area (Å²) in [6, 6.07) is 10.8. The summed E-state index contributed by atoms with van der Waals surface area (Å²) in [5, 5.41) is 1.24. The Hall–Kier alpha value is -1.61. The Balaban J connectivity index is 2.37. The molecule has 0 N–H and O–H groups in total. The zero-order valence-electron chi connectivity index (χ0n) is 12.5. The van der Waals surface area contributed by atoms with Gasteiger partial charge in [-0.05, 0) is 61.3 Å². The number of benzene rings is 2. The summed E-state index contributed by atoms with van der Waals surface area (Å²) >= 11 is 18.0. The van der Waals surface area contributed by atoms with E-state index in [4.69, 9.17) is 34.8 Å². The van der Waals surface area contributed by atoms with Crippen LogP contribution in [0.2, 0.25) is 10.0 Å². The van der Waals surface area contributed by atoms with Gasteiger partial charge >= 0.3 is 0 Å². The van der Waals surface area contributed by atoms with Crippen molar-refractivity contribution in [2.75, 3.05) is 0 Å². The molecule has 116 valence electrons. The molecule has 23 heavy (non-hydrogen) atoms. The number of halogens is 3. The first kappa shape index (κ1) is 16.3. The van der Waals surface area contributed by atoms with Crippen LogP contribution >= 0.6 is 34.8 Å². The first-order valence-corrected chi connectivity index (χ1v) is 8.07. The molecule has 3 rings (SSSR count). The summed E-state index contributed by atoms with van der Waals surface area (Å²) in [5.41, 5.74) is 4.49. The van der Waals surface area contributed by atoms with Gasteiger partial charge in [0.05, 0.1) is 16.2 Å². The number of rotatable bonds is 2. The van der Waals surface area contributed by atoms with Crippen LogP contribution in [0, 0.1) is 13.8 Å². The summed E-state index contributed by atoms with van der Waals surface area (Å²) in [5.74, 6) is 0. The molecule has 2 nitrogen and oxygen atoms in total. The van der Waals surface area contributed by atoms with Crippen LogP contribution in [0.15, 0.2) is 36.4 Å². The minimum Gasteiger partial charge on any atom is -0.276 e. The Labute approximate surface area is 149 Å². The number of carbonyl (C=O) groups is 1. The summed E-state index contributed by atoms with van der Waals surface area (Å²) in [4.78, 5) is 16.6. The van der Waals surface area contributed by atoms with Crippen molar-refractivity contribution in [2.24, 2.45) is 0 Å².